The van der Waals surface area contributed by atoms with E-state index in [1.54, 1.807) is 6.20 Å². The number of nitrogens with one attached hydrogen (secondary N) is 1. The number of fused-ring (bicyclic) bond motifs is 2. The van der Waals surface area contributed by atoms with Gasteiger partial charge >= 0.3 is 0 Å². The highest BCUT2D eigenvalue weighted by molar-refractivity contribution is 5.93. The third-order valence-electron chi connectivity index (χ3n) is 4.98. The third kappa shape index (κ3) is 2.85. The summed E-state index contributed by atoms with van der Waals surface area (Å²) < 4.78 is 0. The quantitative estimate of drug-likeness (QED) is 0.638. The Morgan fingerprint density at radius 2 is 2.30 bits per heavy atom. The molecule has 2 aliphatic rings. The third-order valence-corrected chi connectivity index (χ3v) is 4.98. The first-order valence-corrected chi connectivity index (χ1v) is 7.59. The zero-order chi connectivity index (χ0) is 14.1. The molecule has 0 aromatic carbocycles. The van der Waals surface area contributed by atoms with Crippen LogP contribution in [0.2, 0.25) is 0 Å². The molecule has 3 rings (SSSR count). The van der Waals surface area contributed by atoms with Gasteiger partial charge in [-0.05, 0) is 61.8 Å². The van der Waals surface area contributed by atoms with Crippen molar-refractivity contribution in [2.24, 2.45) is 23.5 Å². The second kappa shape index (κ2) is 5.52. The highest BCUT2D eigenvalue weighted by atomic mass is 15.1. The van der Waals surface area contributed by atoms with Crippen molar-refractivity contribution in [1.82, 2.24) is 9.88 Å². The summed E-state index contributed by atoms with van der Waals surface area (Å²) in [7, 11) is 2.19. The van der Waals surface area contributed by atoms with Crippen molar-refractivity contribution in [2.75, 3.05) is 13.6 Å². The molecule has 108 valence electrons. The van der Waals surface area contributed by atoms with Gasteiger partial charge in [-0.3, -0.25) is 10.4 Å². The van der Waals surface area contributed by atoms with Crippen LogP contribution in [0.5, 0.6) is 0 Å². The van der Waals surface area contributed by atoms with Crippen molar-refractivity contribution >= 4 is 5.84 Å². The maximum absolute atomic E-state index is 7.45. The Kier molecular flexibility index (Phi) is 3.74. The second-order valence-corrected chi connectivity index (χ2v) is 6.59. The molecule has 0 amide bonds. The zero-order valence-corrected chi connectivity index (χ0v) is 12.2. The summed E-state index contributed by atoms with van der Waals surface area (Å²) in [4.78, 5) is 6.52. The first-order chi connectivity index (χ1) is 9.61. The molecule has 3 unspecified atom stereocenters. The maximum Gasteiger partial charge on any atom is 0.141 e. The lowest BCUT2D eigenvalue weighted by atomic mass is 9.88. The predicted molar refractivity (Wildman–Crippen MR) is 80.5 cm³/mol. The van der Waals surface area contributed by atoms with Crippen LogP contribution >= 0.6 is 0 Å². The van der Waals surface area contributed by atoms with Crippen molar-refractivity contribution < 1.29 is 0 Å². The minimum Gasteiger partial charge on any atom is -0.382 e. The lowest BCUT2D eigenvalue weighted by Gasteiger charge is -2.27. The normalized spacial score (nSPS) is 28.2. The summed E-state index contributed by atoms with van der Waals surface area (Å²) in [6.07, 6.45) is 7.58. The van der Waals surface area contributed by atoms with E-state index in [1.807, 2.05) is 12.1 Å². The van der Waals surface area contributed by atoms with E-state index in [4.69, 9.17) is 11.1 Å². The maximum atomic E-state index is 7.45. The first kappa shape index (κ1) is 13.6. The van der Waals surface area contributed by atoms with E-state index in [1.165, 1.54) is 37.8 Å². The minimum absolute atomic E-state index is 0.0441. The number of rotatable bonds is 5. The number of nitrogens with zero attached hydrogens (tertiary/aromatic N) is 2. The van der Waals surface area contributed by atoms with Crippen LogP contribution in [0.25, 0.3) is 0 Å². The Bertz CT molecular complexity index is 499. The number of aromatic nitrogens is 1. The van der Waals surface area contributed by atoms with Gasteiger partial charge < -0.3 is 10.6 Å². The fourth-order valence-electron chi connectivity index (χ4n) is 4.10. The molecule has 1 aromatic rings. The van der Waals surface area contributed by atoms with Crippen molar-refractivity contribution in [3.63, 3.8) is 0 Å². The number of nitrogens with two attached hydrogens (primary N) is 1. The van der Waals surface area contributed by atoms with Crippen molar-refractivity contribution in [1.29, 1.82) is 5.41 Å². The standard InChI is InChI=1S/C16H24N4/c1-20(10-14-7-11-2-3-13(14)6-11)9-12-4-5-19-15(8-12)16(17)18/h4-5,8,11,13-14H,2-3,6-7,9-10H2,1H3,(H3,17,18). The van der Waals surface area contributed by atoms with Crippen molar-refractivity contribution in [3.05, 3.63) is 29.6 Å². The van der Waals surface area contributed by atoms with Gasteiger partial charge in [-0.15, -0.1) is 0 Å². The van der Waals surface area contributed by atoms with Crippen LogP contribution < -0.4 is 5.73 Å². The average Bonchev–Trinajstić information content (AvgIpc) is 3.01. The van der Waals surface area contributed by atoms with Crippen LogP contribution in [0, 0.1) is 23.2 Å². The van der Waals surface area contributed by atoms with E-state index < -0.39 is 0 Å². The number of hydrogen-bond acceptors (Lipinski definition) is 3. The average molecular weight is 272 g/mol. The van der Waals surface area contributed by atoms with Gasteiger partial charge in [-0.2, -0.15) is 0 Å². The van der Waals surface area contributed by atoms with Gasteiger partial charge in [-0.1, -0.05) is 6.42 Å². The lowest BCUT2D eigenvalue weighted by molar-refractivity contribution is 0.214. The molecule has 1 aromatic heterocycles. The van der Waals surface area contributed by atoms with E-state index in [2.05, 4.69) is 16.9 Å². The van der Waals surface area contributed by atoms with Gasteiger partial charge in [0.05, 0.1) is 0 Å². The molecule has 2 bridgehead atoms. The number of amidine groups is 1. The molecule has 20 heavy (non-hydrogen) atoms. The van der Waals surface area contributed by atoms with Crippen LogP contribution in [0.15, 0.2) is 18.3 Å². The molecule has 2 fully saturated rings. The van der Waals surface area contributed by atoms with Crippen LogP contribution in [-0.4, -0.2) is 29.3 Å². The molecule has 4 nitrogen and oxygen atoms in total. The molecule has 0 spiro atoms. The molecular formula is C16H24N4. The molecule has 2 saturated carbocycles. The summed E-state index contributed by atoms with van der Waals surface area (Å²) in [6, 6.07) is 3.95. The summed E-state index contributed by atoms with van der Waals surface area (Å²) in [5, 5.41) is 7.45. The molecule has 2 aliphatic carbocycles. The van der Waals surface area contributed by atoms with E-state index >= 15 is 0 Å². The van der Waals surface area contributed by atoms with Gasteiger partial charge in [0.2, 0.25) is 0 Å². The molecule has 0 saturated heterocycles. The second-order valence-electron chi connectivity index (χ2n) is 6.59. The molecule has 3 atom stereocenters. The van der Waals surface area contributed by atoms with E-state index in [-0.39, 0.29) is 5.84 Å². The Morgan fingerprint density at radius 1 is 1.45 bits per heavy atom. The highest BCUT2D eigenvalue weighted by Gasteiger charge is 2.39. The van der Waals surface area contributed by atoms with E-state index in [0.717, 1.165) is 24.3 Å². The Labute approximate surface area is 120 Å². The topological polar surface area (TPSA) is 66.0 Å². The molecule has 1 heterocycles. The van der Waals surface area contributed by atoms with Crippen LogP contribution in [0.3, 0.4) is 0 Å². The van der Waals surface area contributed by atoms with Gasteiger partial charge in [0, 0.05) is 19.3 Å². The van der Waals surface area contributed by atoms with Crippen molar-refractivity contribution in [3.8, 4) is 0 Å². The number of nitrogen functional groups attached to an aromatic ring is 1. The van der Waals surface area contributed by atoms with Crippen LogP contribution in [-0.2, 0) is 6.54 Å². The smallest absolute Gasteiger partial charge is 0.141 e. The Morgan fingerprint density at radius 3 is 2.95 bits per heavy atom. The Hall–Kier alpha value is -1.42. The molecule has 0 aliphatic heterocycles. The minimum atomic E-state index is 0.0441. The fraction of sp³-hybridized carbons (Fsp3) is 0.625. The SMILES string of the molecule is CN(Cc1ccnc(C(=N)N)c1)CC1CC2CCC1C2. The van der Waals surface area contributed by atoms with Crippen LogP contribution in [0.1, 0.15) is 36.9 Å². The van der Waals surface area contributed by atoms with Gasteiger partial charge in [-0.25, -0.2) is 0 Å². The largest absolute Gasteiger partial charge is 0.382 e. The van der Waals surface area contributed by atoms with E-state index in [0.29, 0.717) is 5.69 Å². The van der Waals surface area contributed by atoms with Gasteiger partial charge in [0.15, 0.2) is 0 Å². The Balaban J connectivity index is 1.57. The fourth-order valence-corrected chi connectivity index (χ4v) is 4.10. The first-order valence-electron chi connectivity index (χ1n) is 7.59. The predicted octanol–water partition coefficient (Wildman–Crippen LogP) is 2.23. The lowest BCUT2D eigenvalue weighted by Crippen LogP contribution is -2.28. The van der Waals surface area contributed by atoms with Gasteiger partial charge in [0.1, 0.15) is 11.5 Å². The molecular weight excluding hydrogens is 248 g/mol. The monoisotopic (exact) mass is 272 g/mol. The molecule has 0 radical (unpaired) electrons. The zero-order valence-electron chi connectivity index (χ0n) is 12.2. The van der Waals surface area contributed by atoms with E-state index in [9.17, 15) is 0 Å². The van der Waals surface area contributed by atoms with Crippen LogP contribution in [0.4, 0.5) is 0 Å². The summed E-state index contributed by atoms with van der Waals surface area (Å²) in [5.41, 5.74) is 7.26. The van der Waals surface area contributed by atoms with Gasteiger partial charge in [0.25, 0.3) is 0 Å². The number of hydrogen-bond donors (Lipinski definition) is 2. The summed E-state index contributed by atoms with van der Waals surface area (Å²) >= 11 is 0. The number of pyridine rings is 1. The molecule has 3 N–H and O–H groups in total. The highest BCUT2D eigenvalue weighted by Crippen LogP contribution is 2.48. The molecule has 4 heteroatoms. The summed E-state index contributed by atoms with van der Waals surface area (Å²) in [6.45, 7) is 2.11. The summed E-state index contributed by atoms with van der Waals surface area (Å²) in [5.74, 6) is 2.94. The van der Waals surface area contributed by atoms with Crippen molar-refractivity contribution in [2.45, 2.75) is 32.2 Å².